The van der Waals surface area contributed by atoms with E-state index in [0.717, 1.165) is 44.5 Å². The topological polar surface area (TPSA) is 37.4 Å². The fourth-order valence-corrected chi connectivity index (χ4v) is 8.29. The normalized spacial score (nSPS) is 12.1. The molecule has 0 unspecified atom stereocenters. The van der Waals surface area contributed by atoms with E-state index >= 15 is 0 Å². The maximum Gasteiger partial charge on any atom is 0.197 e. The number of rotatable bonds is 8. The molecule has 0 saturated heterocycles. The first-order chi connectivity index (χ1) is 29.1. The standard InChI is InChI=1S/C56H37NO2/c58-55-52-21-11-12-22-53(52)56(59)54(55)36-38-23-24-44-37-47(34-29-43(44)35-38)57(45-30-25-41(26-31-45)50-19-9-7-17-48(50)39-13-3-1-4-14-39)46-32-27-42(28-33-46)51-20-10-8-18-49(51)40-15-5-2-6-16-40/h1-37H. The average molecular weight is 756 g/mol. The van der Waals surface area contributed by atoms with Gasteiger partial charge in [0.2, 0.25) is 0 Å². The summed E-state index contributed by atoms with van der Waals surface area (Å²) in [6.45, 7) is 0. The molecule has 1 aliphatic rings. The molecule has 0 amide bonds. The van der Waals surface area contributed by atoms with Crippen molar-refractivity contribution < 1.29 is 9.59 Å². The van der Waals surface area contributed by atoms with Gasteiger partial charge in [0.25, 0.3) is 0 Å². The van der Waals surface area contributed by atoms with Crippen LogP contribution >= 0.6 is 0 Å². The lowest BCUT2D eigenvalue weighted by Crippen LogP contribution is -2.10. The second-order valence-electron chi connectivity index (χ2n) is 14.8. The number of carbonyl (C=O) groups is 2. The van der Waals surface area contributed by atoms with Gasteiger partial charge < -0.3 is 4.90 Å². The molecule has 0 N–H and O–H groups in total. The van der Waals surface area contributed by atoms with E-state index in [4.69, 9.17) is 0 Å². The van der Waals surface area contributed by atoms with Gasteiger partial charge in [-0.15, -0.1) is 0 Å². The van der Waals surface area contributed by atoms with Crippen LogP contribution in [0.25, 0.3) is 61.4 Å². The average Bonchev–Trinajstić information content (AvgIpc) is 3.54. The van der Waals surface area contributed by atoms with Gasteiger partial charge in [0, 0.05) is 28.2 Å². The van der Waals surface area contributed by atoms with Crippen molar-refractivity contribution in [1.82, 2.24) is 0 Å². The van der Waals surface area contributed by atoms with Gasteiger partial charge in [-0.25, -0.2) is 0 Å². The number of hydrogen-bond acceptors (Lipinski definition) is 3. The first-order valence-electron chi connectivity index (χ1n) is 19.8. The molecule has 9 aromatic carbocycles. The summed E-state index contributed by atoms with van der Waals surface area (Å²) >= 11 is 0. The Balaban J connectivity index is 1.03. The highest BCUT2D eigenvalue weighted by Crippen LogP contribution is 2.41. The van der Waals surface area contributed by atoms with Crippen LogP contribution in [0.3, 0.4) is 0 Å². The maximum atomic E-state index is 13.1. The van der Waals surface area contributed by atoms with Crippen LogP contribution in [-0.2, 0) is 0 Å². The summed E-state index contributed by atoms with van der Waals surface area (Å²) in [5.74, 6) is -0.443. The number of allylic oxidation sites excluding steroid dienone is 1. The number of nitrogens with zero attached hydrogens (tertiary/aromatic N) is 1. The Labute approximate surface area is 343 Å². The third-order valence-electron chi connectivity index (χ3n) is 11.2. The molecule has 0 saturated carbocycles. The minimum atomic E-state index is -0.221. The van der Waals surface area contributed by atoms with Crippen LogP contribution in [0.15, 0.2) is 224 Å². The molecular formula is C56H37NO2. The monoisotopic (exact) mass is 755 g/mol. The van der Waals surface area contributed by atoms with Gasteiger partial charge in [-0.05, 0) is 109 Å². The van der Waals surface area contributed by atoms with E-state index in [1.54, 1.807) is 30.3 Å². The van der Waals surface area contributed by atoms with E-state index in [1.165, 1.54) is 33.4 Å². The molecule has 0 aliphatic heterocycles. The van der Waals surface area contributed by atoms with Crippen LogP contribution in [0.4, 0.5) is 17.1 Å². The molecule has 59 heavy (non-hydrogen) atoms. The molecule has 3 heteroatoms. The number of hydrogen-bond donors (Lipinski definition) is 0. The van der Waals surface area contributed by atoms with Crippen molar-refractivity contribution in [3.05, 3.63) is 241 Å². The number of anilines is 3. The molecule has 0 aromatic heterocycles. The number of carbonyl (C=O) groups excluding carboxylic acids is 2. The van der Waals surface area contributed by atoms with E-state index in [2.05, 4.69) is 175 Å². The summed E-state index contributed by atoms with van der Waals surface area (Å²) in [4.78, 5) is 28.6. The largest absolute Gasteiger partial charge is 0.310 e. The molecule has 0 heterocycles. The molecule has 0 spiro atoms. The van der Waals surface area contributed by atoms with Crippen molar-refractivity contribution in [1.29, 1.82) is 0 Å². The van der Waals surface area contributed by atoms with Gasteiger partial charge in [0.15, 0.2) is 11.6 Å². The predicted molar refractivity (Wildman–Crippen MR) is 243 cm³/mol. The summed E-state index contributed by atoms with van der Waals surface area (Å²) in [5, 5.41) is 2.06. The third kappa shape index (κ3) is 6.75. The molecule has 278 valence electrons. The first-order valence-corrected chi connectivity index (χ1v) is 19.8. The fraction of sp³-hybridized carbons (Fsp3) is 0. The van der Waals surface area contributed by atoms with E-state index in [9.17, 15) is 9.59 Å². The van der Waals surface area contributed by atoms with Crippen molar-refractivity contribution in [2.75, 3.05) is 4.90 Å². The highest BCUT2D eigenvalue weighted by atomic mass is 16.2. The van der Waals surface area contributed by atoms with Crippen molar-refractivity contribution in [3.63, 3.8) is 0 Å². The number of Topliss-reactive ketones (excluding diaryl/α,β-unsaturated/α-hetero) is 2. The molecule has 0 atom stereocenters. The van der Waals surface area contributed by atoms with Crippen LogP contribution in [0.2, 0.25) is 0 Å². The van der Waals surface area contributed by atoms with Gasteiger partial charge in [-0.3, -0.25) is 9.59 Å². The summed E-state index contributed by atoms with van der Waals surface area (Å²) in [6, 6.07) is 75.3. The van der Waals surface area contributed by atoms with Crippen molar-refractivity contribution in [2.24, 2.45) is 0 Å². The smallest absolute Gasteiger partial charge is 0.197 e. The third-order valence-corrected chi connectivity index (χ3v) is 11.2. The van der Waals surface area contributed by atoms with Gasteiger partial charge >= 0.3 is 0 Å². The van der Waals surface area contributed by atoms with Crippen LogP contribution in [0, 0.1) is 0 Å². The molecule has 0 radical (unpaired) electrons. The van der Waals surface area contributed by atoms with Gasteiger partial charge in [-0.2, -0.15) is 0 Å². The number of benzene rings is 9. The first kappa shape index (κ1) is 35.5. The van der Waals surface area contributed by atoms with Gasteiger partial charge in [-0.1, -0.05) is 176 Å². The zero-order chi connectivity index (χ0) is 39.7. The SMILES string of the molecule is O=C1C(=Cc2ccc3cc(N(c4ccc(-c5ccccc5-c5ccccc5)cc4)c4ccc(-c5ccccc5-c5ccccc5)cc4)ccc3c2)C(=O)c2ccccc21. The molecule has 1 aliphatic carbocycles. The lowest BCUT2D eigenvalue weighted by Gasteiger charge is -2.26. The van der Waals surface area contributed by atoms with Crippen LogP contribution in [-0.4, -0.2) is 11.6 Å². The van der Waals surface area contributed by atoms with Crippen molar-refractivity contribution >= 4 is 45.5 Å². The lowest BCUT2D eigenvalue weighted by atomic mass is 9.94. The van der Waals surface area contributed by atoms with E-state index < -0.39 is 0 Å². The van der Waals surface area contributed by atoms with E-state index in [1.807, 2.05) is 24.3 Å². The second-order valence-corrected chi connectivity index (χ2v) is 14.8. The number of ketones is 2. The molecule has 3 nitrogen and oxygen atoms in total. The predicted octanol–water partition coefficient (Wildman–Crippen LogP) is 14.4. The van der Waals surface area contributed by atoms with Gasteiger partial charge in [0.1, 0.15) is 0 Å². The molecule has 0 fully saturated rings. The van der Waals surface area contributed by atoms with E-state index in [0.29, 0.717) is 11.1 Å². The lowest BCUT2D eigenvalue weighted by molar-refractivity contribution is 0.0990. The second kappa shape index (κ2) is 15.2. The molecule has 10 rings (SSSR count). The van der Waals surface area contributed by atoms with Crippen molar-refractivity contribution in [2.45, 2.75) is 0 Å². The number of fused-ring (bicyclic) bond motifs is 2. The van der Waals surface area contributed by atoms with Crippen LogP contribution in [0.1, 0.15) is 26.3 Å². The van der Waals surface area contributed by atoms with Crippen LogP contribution in [0.5, 0.6) is 0 Å². The Kier molecular flexibility index (Phi) is 9.17. The Morgan fingerprint density at radius 2 is 0.661 bits per heavy atom. The van der Waals surface area contributed by atoms with Gasteiger partial charge in [0.05, 0.1) is 5.57 Å². The zero-order valence-corrected chi connectivity index (χ0v) is 32.1. The molecule has 0 bridgehead atoms. The summed E-state index contributed by atoms with van der Waals surface area (Å²) in [5.41, 5.74) is 14.4. The summed E-state index contributed by atoms with van der Waals surface area (Å²) < 4.78 is 0. The van der Waals surface area contributed by atoms with E-state index in [-0.39, 0.29) is 17.1 Å². The zero-order valence-electron chi connectivity index (χ0n) is 32.1. The fourth-order valence-electron chi connectivity index (χ4n) is 8.29. The highest BCUT2D eigenvalue weighted by molar-refractivity contribution is 6.41. The Morgan fingerprint density at radius 3 is 1.12 bits per heavy atom. The maximum absolute atomic E-state index is 13.1. The van der Waals surface area contributed by atoms with Crippen molar-refractivity contribution in [3.8, 4) is 44.5 Å². The quantitative estimate of drug-likeness (QED) is 0.114. The summed E-state index contributed by atoms with van der Waals surface area (Å²) in [7, 11) is 0. The van der Waals surface area contributed by atoms with Crippen LogP contribution < -0.4 is 4.90 Å². The Hall–Kier alpha value is -7.88. The Morgan fingerprint density at radius 1 is 0.305 bits per heavy atom. The minimum Gasteiger partial charge on any atom is -0.310 e. The molecule has 9 aromatic rings. The Bertz CT molecular complexity index is 2890. The molecular weight excluding hydrogens is 719 g/mol. The minimum absolute atomic E-state index is 0.207. The summed E-state index contributed by atoms with van der Waals surface area (Å²) in [6.07, 6.45) is 1.72. The highest BCUT2D eigenvalue weighted by Gasteiger charge is 2.32.